The number of carbonyl (C=O) groups excluding carboxylic acids is 1. The summed E-state index contributed by atoms with van der Waals surface area (Å²) in [5, 5.41) is 7.35. The van der Waals surface area contributed by atoms with Gasteiger partial charge in [0.25, 0.3) is 11.9 Å². The molecule has 1 atom stereocenters. The fourth-order valence-corrected chi connectivity index (χ4v) is 3.09. The third-order valence-corrected chi connectivity index (χ3v) is 4.34. The molecule has 2 aromatic heterocycles. The van der Waals surface area contributed by atoms with Crippen molar-refractivity contribution in [3.8, 4) is 0 Å². The van der Waals surface area contributed by atoms with Crippen LogP contribution in [0.4, 0.5) is 10.4 Å². The minimum absolute atomic E-state index is 0.305. The Kier molecular flexibility index (Phi) is 3.44. The lowest BCUT2D eigenvalue weighted by Crippen LogP contribution is -2.27. The number of benzene rings is 1. The van der Waals surface area contributed by atoms with Gasteiger partial charge in [0.1, 0.15) is 11.3 Å². The molecule has 1 aromatic carbocycles. The average molecular weight is 329 g/mol. The van der Waals surface area contributed by atoms with E-state index in [-0.39, 0.29) is 5.82 Å². The number of nitrogens with one attached hydrogen (secondary N) is 1. The van der Waals surface area contributed by atoms with E-state index in [0.29, 0.717) is 41.6 Å². The molecule has 0 bridgehead atoms. The number of rotatable bonds is 4. The fraction of sp³-hybridized carbons (Fsp3) is 0.312. The predicted molar refractivity (Wildman–Crippen MR) is 85.0 cm³/mol. The Labute approximate surface area is 136 Å². The van der Waals surface area contributed by atoms with Crippen LogP contribution in [0.3, 0.4) is 0 Å². The Hall–Kier alpha value is -2.90. The molecule has 124 valence electrons. The number of nitrogens with zero attached hydrogens (tertiary/aromatic N) is 3. The number of aromatic nitrogens is 3. The lowest BCUT2D eigenvalue weighted by Gasteiger charge is -2.23. The Bertz CT molecular complexity index is 916. The SMILES string of the molecule is NC(=O)c1cnn2c1CC(CNc1nc3cc(F)ccc3o1)CC2. The van der Waals surface area contributed by atoms with E-state index in [9.17, 15) is 9.18 Å². The number of carbonyl (C=O) groups is 1. The van der Waals surface area contributed by atoms with E-state index in [1.807, 2.05) is 4.68 Å². The molecule has 3 heterocycles. The van der Waals surface area contributed by atoms with Gasteiger partial charge in [-0.3, -0.25) is 9.48 Å². The van der Waals surface area contributed by atoms with Crippen LogP contribution in [-0.4, -0.2) is 27.2 Å². The van der Waals surface area contributed by atoms with Gasteiger partial charge < -0.3 is 15.5 Å². The van der Waals surface area contributed by atoms with E-state index in [4.69, 9.17) is 10.2 Å². The van der Waals surface area contributed by atoms with Gasteiger partial charge in [0.05, 0.1) is 17.5 Å². The molecular weight excluding hydrogens is 313 g/mol. The number of hydrogen-bond donors (Lipinski definition) is 2. The van der Waals surface area contributed by atoms with Gasteiger partial charge in [-0.1, -0.05) is 0 Å². The number of fused-ring (bicyclic) bond motifs is 2. The summed E-state index contributed by atoms with van der Waals surface area (Å²) in [6.07, 6.45) is 3.16. The number of halogens is 1. The fourth-order valence-electron chi connectivity index (χ4n) is 3.09. The van der Waals surface area contributed by atoms with Gasteiger partial charge in [-0.25, -0.2) is 4.39 Å². The number of primary amides is 1. The molecular formula is C16H16FN5O2. The molecule has 1 amide bonds. The van der Waals surface area contributed by atoms with E-state index < -0.39 is 5.91 Å². The van der Waals surface area contributed by atoms with Crippen LogP contribution in [0.5, 0.6) is 0 Å². The summed E-state index contributed by atoms with van der Waals surface area (Å²) in [6.45, 7) is 1.38. The second kappa shape index (κ2) is 5.63. The summed E-state index contributed by atoms with van der Waals surface area (Å²) < 4.78 is 20.6. The second-order valence-electron chi connectivity index (χ2n) is 5.96. The topological polar surface area (TPSA) is 99.0 Å². The van der Waals surface area contributed by atoms with E-state index in [1.165, 1.54) is 18.3 Å². The van der Waals surface area contributed by atoms with Crippen LogP contribution >= 0.6 is 0 Å². The first-order valence-electron chi connectivity index (χ1n) is 7.74. The predicted octanol–water partition coefficient (Wildman–Crippen LogP) is 1.94. The zero-order valence-corrected chi connectivity index (χ0v) is 12.8. The highest BCUT2D eigenvalue weighted by Crippen LogP contribution is 2.24. The van der Waals surface area contributed by atoms with Crippen molar-refractivity contribution in [2.45, 2.75) is 19.4 Å². The van der Waals surface area contributed by atoms with Crippen molar-refractivity contribution < 1.29 is 13.6 Å². The molecule has 3 aromatic rings. The maximum atomic E-state index is 13.2. The molecule has 1 aliphatic heterocycles. The molecule has 0 radical (unpaired) electrons. The highest BCUT2D eigenvalue weighted by Gasteiger charge is 2.24. The normalized spacial score (nSPS) is 17.0. The summed E-state index contributed by atoms with van der Waals surface area (Å²) >= 11 is 0. The summed E-state index contributed by atoms with van der Waals surface area (Å²) in [4.78, 5) is 15.7. The van der Waals surface area contributed by atoms with Crippen LogP contribution in [0.2, 0.25) is 0 Å². The van der Waals surface area contributed by atoms with Crippen molar-refractivity contribution in [3.05, 3.63) is 41.5 Å². The molecule has 0 aliphatic carbocycles. The minimum atomic E-state index is -0.453. The van der Waals surface area contributed by atoms with Gasteiger partial charge in [-0.05, 0) is 30.9 Å². The van der Waals surface area contributed by atoms with Crippen molar-refractivity contribution in [1.29, 1.82) is 0 Å². The summed E-state index contributed by atoms with van der Waals surface area (Å²) in [5.41, 5.74) is 7.76. The smallest absolute Gasteiger partial charge is 0.295 e. The molecule has 24 heavy (non-hydrogen) atoms. The van der Waals surface area contributed by atoms with Crippen molar-refractivity contribution in [2.24, 2.45) is 11.7 Å². The van der Waals surface area contributed by atoms with Crippen molar-refractivity contribution in [3.63, 3.8) is 0 Å². The molecule has 4 rings (SSSR count). The molecule has 0 saturated heterocycles. The van der Waals surface area contributed by atoms with Crippen molar-refractivity contribution in [2.75, 3.05) is 11.9 Å². The molecule has 8 heteroatoms. The number of oxazole rings is 1. The Balaban J connectivity index is 1.46. The number of aryl methyl sites for hydroxylation is 1. The molecule has 3 N–H and O–H groups in total. The largest absolute Gasteiger partial charge is 0.424 e. The maximum absolute atomic E-state index is 13.2. The highest BCUT2D eigenvalue weighted by molar-refractivity contribution is 5.93. The van der Waals surface area contributed by atoms with E-state index in [0.717, 1.165) is 18.7 Å². The summed E-state index contributed by atoms with van der Waals surface area (Å²) in [5.74, 6) is -0.494. The van der Waals surface area contributed by atoms with Gasteiger partial charge in [-0.2, -0.15) is 10.1 Å². The molecule has 1 unspecified atom stereocenters. The number of amides is 1. The number of nitrogens with two attached hydrogens (primary N) is 1. The van der Waals surface area contributed by atoms with Gasteiger partial charge in [0.2, 0.25) is 0 Å². The van der Waals surface area contributed by atoms with Gasteiger partial charge in [0.15, 0.2) is 5.58 Å². The molecule has 1 aliphatic rings. The van der Waals surface area contributed by atoms with Gasteiger partial charge in [-0.15, -0.1) is 0 Å². The minimum Gasteiger partial charge on any atom is -0.424 e. The quantitative estimate of drug-likeness (QED) is 0.762. The number of hydrogen-bond acceptors (Lipinski definition) is 5. The number of anilines is 1. The molecule has 7 nitrogen and oxygen atoms in total. The maximum Gasteiger partial charge on any atom is 0.295 e. The lowest BCUT2D eigenvalue weighted by molar-refractivity contribution is 0.0998. The van der Waals surface area contributed by atoms with Gasteiger partial charge in [0, 0.05) is 19.2 Å². The van der Waals surface area contributed by atoms with Crippen LogP contribution in [0.1, 0.15) is 22.5 Å². The Morgan fingerprint density at radius 1 is 1.50 bits per heavy atom. The lowest BCUT2D eigenvalue weighted by atomic mass is 9.94. The van der Waals surface area contributed by atoms with E-state index in [2.05, 4.69) is 15.4 Å². The van der Waals surface area contributed by atoms with Crippen LogP contribution in [-0.2, 0) is 13.0 Å². The molecule has 0 fully saturated rings. The first kappa shape index (κ1) is 14.7. The Morgan fingerprint density at radius 2 is 2.38 bits per heavy atom. The molecule has 0 saturated carbocycles. The van der Waals surface area contributed by atoms with E-state index >= 15 is 0 Å². The monoisotopic (exact) mass is 329 g/mol. The first-order chi connectivity index (χ1) is 11.6. The van der Waals surface area contributed by atoms with Crippen LogP contribution < -0.4 is 11.1 Å². The van der Waals surface area contributed by atoms with E-state index in [1.54, 1.807) is 6.07 Å². The Morgan fingerprint density at radius 3 is 3.21 bits per heavy atom. The average Bonchev–Trinajstić information content (AvgIpc) is 3.15. The van der Waals surface area contributed by atoms with Crippen LogP contribution in [0.15, 0.2) is 28.8 Å². The first-order valence-corrected chi connectivity index (χ1v) is 7.74. The standard InChI is InChI=1S/C16H16FN5O2/c17-10-1-2-14-12(6-10)21-16(24-14)19-7-9-3-4-22-13(5-9)11(8-20-22)15(18)23/h1-2,6,8-9H,3-5,7H2,(H2,18,23)(H,19,21). The van der Waals surface area contributed by atoms with Crippen LogP contribution in [0.25, 0.3) is 11.1 Å². The third kappa shape index (κ3) is 2.60. The van der Waals surface area contributed by atoms with Crippen LogP contribution in [0, 0.1) is 11.7 Å². The third-order valence-electron chi connectivity index (χ3n) is 4.34. The zero-order valence-electron chi connectivity index (χ0n) is 12.8. The van der Waals surface area contributed by atoms with Crippen molar-refractivity contribution >= 4 is 23.0 Å². The van der Waals surface area contributed by atoms with Crippen molar-refractivity contribution in [1.82, 2.24) is 14.8 Å². The molecule has 0 spiro atoms. The second-order valence-corrected chi connectivity index (χ2v) is 5.96. The van der Waals surface area contributed by atoms with Gasteiger partial charge >= 0.3 is 0 Å². The zero-order chi connectivity index (χ0) is 16.7. The summed E-state index contributed by atoms with van der Waals surface area (Å²) in [6, 6.07) is 4.60. The summed E-state index contributed by atoms with van der Waals surface area (Å²) in [7, 11) is 0. The highest BCUT2D eigenvalue weighted by atomic mass is 19.1.